The zero-order valence-electron chi connectivity index (χ0n) is 15.6. The summed E-state index contributed by atoms with van der Waals surface area (Å²) in [6.07, 6.45) is 4.57. The Morgan fingerprint density at radius 3 is 2.81 bits per heavy atom. The third kappa shape index (κ3) is 4.86. The van der Waals surface area contributed by atoms with E-state index in [0.29, 0.717) is 12.3 Å². The van der Waals surface area contributed by atoms with Crippen molar-refractivity contribution in [2.75, 3.05) is 26.4 Å². The zero-order chi connectivity index (χ0) is 18.4. The van der Waals surface area contributed by atoms with Gasteiger partial charge in [-0.25, -0.2) is 0 Å². The van der Waals surface area contributed by atoms with Crippen molar-refractivity contribution in [2.24, 2.45) is 0 Å². The lowest BCUT2D eigenvalue weighted by Crippen LogP contribution is -3.07. The fourth-order valence-electron chi connectivity index (χ4n) is 3.30. The Kier molecular flexibility index (Phi) is 6.68. The number of nitrogens with zero attached hydrogens (tertiary/aromatic N) is 3. The van der Waals surface area contributed by atoms with E-state index in [1.54, 1.807) is 0 Å². The monoisotopic (exact) mass is 374 g/mol. The predicted octanol–water partition coefficient (Wildman–Crippen LogP) is 1.10. The van der Waals surface area contributed by atoms with Crippen LogP contribution >= 0.6 is 11.8 Å². The van der Waals surface area contributed by atoms with Crippen LogP contribution in [0.2, 0.25) is 0 Å². The summed E-state index contributed by atoms with van der Waals surface area (Å²) in [5.41, 5.74) is 1.24. The number of carbonyl (C=O) groups excluding carboxylic acids is 1. The number of benzene rings is 1. The molecule has 0 saturated carbocycles. The first-order valence-corrected chi connectivity index (χ1v) is 10.3. The fraction of sp³-hybridized carbons (Fsp3) is 0.526. The molecule has 0 bridgehead atoms. The molecule has 7 heteroatoms. The van der Waals surface area contributed by atoms with Crippen molar-refractivity contribution in [3.05, 3.63) is 41.7 Å². The highest BCUT2D eigenvalue weighted by Gasteiger charge is 2.19. The van der Waals surface area contributed by atoms with Crippen molar-refractivity contribution >= 4 is 17.7 Å². The summed E-state index contributed by atoms with van der Waals surface area (Å²) in [6, 6.07) is 10.6. The molecule has 0 unspecified atom stereocenters. The van der Waals surface area contributed by atoms with Crippen molar-refractivity contribution < 1.29 is 9.69 Å². The Bertz CT molecular complexity index is 716. The Morgan fingerprint density at radius 1 is 1.23 bits per heavy atom. The molecule has 26 heavy (non-hydrogen) atoms. The SMILES string of the molecule is C[NH+](C)[C@@H](CNC(=O)CSc1nnc2n1CCCCC2)c1ccccc1. The Morgan fingerprint density at radius 2 is 2.04 bits per heavy atom. The lowest BCUT2D eigenvalue weighted by atomic mass is 10.1. The first-order valence-electron chi connectivity index (χ1n) is 9.31. The normalized spacial score (nSPS) is 15.3. The van der Waals surface area contributed by atoms with Gasteiger partial charge in [-0.05, 0) is 12.8 Å². The summed E-state index contributed by atoms with van der Waals surface area (Å²) >= 11 is 1.49. The quantitative estimate of drug-likeness (QED) is 0.713. The van der Waals surface area contributed by atoms with Crippen LogP contribution in [0.15, 0.2) is 35.5 Å². The highest BCUT2D eigenvalue weighted by Crippen LogP contribution is 2.21. The maximum atomic E-state index is 12.3. The lowest BCUT2D eigenvalue weighted by Gasteiger charge is -2.22. The predicted molar refractivity (Wildman–Crippen MR) is 103 cm³/mol. The molecule has 1 aromatic heterocycles. The molecule has 6 nitrogen and oxygen atoms in total. The number of quaternary nitrogens is 1. The van der Waals surface area contributed by atoms with E-state index in [2.05, 4.69) is 46.3 Å². The summed E-state index contributed by atoms with van der Waals surface area (Å²) in [5.74, 6) is 1.48. The molecule has 1 aromatic carbocycles. The van der Waals surface area contributed by atoms with Gasteiger partial charge in [0.25, 0.3) is 0 Å². The Balaban J connectivity index is 1.52. The van der Waals surface area contributed by atoms with Crippen LogP contribution in [0.1, 0.15) is 36.7 Å². The molecule has 1 amide bonds. The maximum absolute atomic E-state index is 12.3. The molecule has 2 heterocycles. The number of fused-ring (bicyclic) bond motifs is 1. The van der Waals surface area contributed by atoms with Gasteiger partial charge in [-0.15, -0.1) is 10.2 Å². The Hall–Kier alpha value is -1.86. The van der Waals surface area contributed by atoms with Crippen molar-refractivity contribution in [3.63, 3.8) is 0 Å². The summed E-state index contributed by atoms with van der Waals surface area (Å²) in [4.78, 5) is 13.6. The van der Waals surface area contributed by atoms with E-state index in [-0.39, 0.29) is 11.9 Å². The van der Waals surface area contributed by atoms with Crippen molar-refractivity contribution in [1.82, 2.24) is 20.1 Å². The second-order valence-corrected chi connectivity index (χ2v) is 7.94. The van der Waals surface area contributed by atoms with Gasteiger partial charge in [0.1, 0.15) is 11.9 Å². The van der Waals surface area contributed by atoms with E-state index in [0.717, 1.165) is 30.4 Å². The third-order valence-electron chi connectivity index (χ3n) is 4.81. The average molecular weight is 375 g/mol. The number of hydrogen-bond acceptors (Lipinski definition) is 4. The second-order valence-electron chi connectivity index (χ2n) is 6.99. The van der Waals surface area contributed by atoms with Crippen LogP contribution in [0.25, 0.3) is 0 Å². The van der Waals surface area contributed by atoms with Crippen LogP contribution in [-0.2, 0) is 17.8 Å². The highest BCUT2D eigenvalue weighted by atomic mass is 32.2. The van der Waals surface area contributed by atoms with Crippen molar-refractivity contribution in [1.29, 1.82) is 0 Å². The van der Waals surface area contributed by atoms with Gasteiger partial charge in [0.05, 0.1) is 26.4 Å². The molecule has 1 atom stereocenters. The second kappa shape index (κ2) is 9.19. The minimum Gasteiger partial charge on any atom is -0.349 e. The van der Waals surface area contributed by atoms with Crippen LogP contribution in [0.5, 0.6) is 0 Å². The Labute approximate surface area is 159 Å². The van der Waals surface area contributed by atoms with Crippen LogP contribution < -0.4 is 10.2 Å². The molecular weight excluding hydrogens is 346 g/mol. The van der Waals surface area contributed by atoms with E-state index in [1.165, 1.54) is 35.1 Å². The van der Waals surface area contributed by atoms with E-state index >= 15 is 0 Å². The molecular formula is C19H28N5OS+. The highest BCUT2D eigenvalue weighted by molar-refractivity contribution is 7.99. The van der Waals surface area contributed by atoms with Gasteiger partial charge in [0.2, 0.25) is 5.91 Å². The summed E-state index contributed by atoms with van der Waals surface area (Å²) in [7, 11) is 4.23. The number of carbonyl (C=O) groups is 1. The topological polar surface area (TPSA) is 64.2 Å². The molecule has 2 N–H and O–H groups in total. The van der Waals surface area contributed by atoms with Crippen LogP contribution in [0.4, 0.5) is 0 Å². The molecule has 0 fully saturated rings. The lowest BCUT2D eigenvalue weighted by molar-refractivity contribution is -0.890. The third-order valence-corrected chi connectivity index (χ3v) is 5.78. The number of likely N-dealkylation sites (N-methyl/N-ethyl adjacent to an activating group) is 1. The minimum absolute atomic E-state index is 0.0446. The molecule has 1 aliphatic rings. The van der Waals surface area contributed by atoms with Gasteiger partial charge in [-0.2, -0.15) is 0 Å². The smallest absolute Gasteiger partial charge is 0.230 e. The number of nitrogens with one attached hydrogen (secondary N) is 2. The molecule has 0 radical (unpaired) electrons. The molecule has 0 spiro atoms. The van der Waals surface area contributed by atoms with Gasteiger partial charge >= 0.3 is 0 Å². The van der Waals surface area contributed by atoms with Crippen molar-refractivity contribution in [2.45, 2.75) is 43.4 Å². The average Bonchev–Trinajstić information content (AvgIpc) is 2.87. The minimum atomic E-state index is 0.0446. The maximum Gasteiger partial charge on any atom is 0.230 e. The van der Waals surface area contributed by atoms with E-state index in [4.69, 9.17) is 0 Å². The van der Waals surface area contributed by atoms with Crippen LogP contribution in [0, 0.1) is 0 Å². The number of amides is 1. The fourth-order valence-corrected chi connectivity index (χ4v) is 4.12. The molecule has 1 aliphatic heterocycles. The summed E-state index contributed by atoms with van der Waals surface area (Å²) in [5, 5.41) is 12.5. The number of thioether (sulfide) groups is 1. The largest absolute Gasteiger partial charge is 0.349 e. The molecule has 2 aromatic rings. The molecule has 3 rings (SSSR count). The summed E-state index contributed by atoms with van der Waals surface area (Å²) < 4.78 is 2.18. The van der Waals surface area contributed by atoms with E-state index < -0.39 is 0 Å². The number of aryl methyl sites for hydroxylation is 1. The number of rotatable bonds is 7. The number of aromatic nitrogens is 3. The standard InChI is InChI=1S/C19H27N5OS/c1-23(2)16(15-9-5-3-6-10-15)13-20-18(25)14-26-19-22-21-17-11-7-4-8-12-24(17)19/h3,5-6,9-10,16H,4,7-8,11-14H2,1-2H3,(H,20,25)/p+1/t16-/m0/s1. The van der Waals surface area contributed by atoms with Crippen LogP contribution in [-0.4, -0.2) is 47.1 Å². The molecule has 140 valence electrons. The number of hydrogen-bond donors (Lipinski definition) is 2. The van der Waals surface area contributed by atoms with E-state index in [9.17, 15) is 4.79 Å². The van der Waals surface area contributed by atoms with Crippen LogP contribution in [0.3, 0.4) is 0 Å². The van der Waals surface area contributed by atoms with Gasteiger partial charge in [-0.1, -0.05) is 48.5 Å². The summed E-state index contributed by atoms with van der Waals surface area (Å²) in [6.45, 7) is 1.59. The van der Waals surface area contributed by atoms with Gasteiger partial charge in [0.15, 0.2) is 5.16 Å². The molecule has 0 aliphatic carbocycles. The van der Waals surface area contributed by atoms with Gasteiger partial charge in [0, 0.05) is 18.5 Å². The molecule has 0 saturated heterocycles. The van der Waals surface area contributed by atoms with Gasteiger partial charge in [-0.3, -0.25) is 4.79 Å². The van der Waals surface area contributed by atoms with Crippen molar-refractivity contribution in [3.8, 4) is 0 Å². The van der Waals surface area contributed by atoms with Gasteiger partial charge < -0.3 is 14.8 Å². The zero-order valence-corrected chi connectivity index (χ0v) is 16.4. The first kappa shape index (κ1) is 18.9. The van der Waals surface area contributed by atoms with E-state index in [1.807, 2.05) is 18.2 Å². The first-order chi connectivity index (χ1) is 12.6.